The van der Waals surface area contributed by atoms with E-state index in [0.717, 1.165) is 54.2 Å². The second kappa shape index (κ2) is 7.88. The Bertz CT molecular complexity index is 967. The quantitative estimate of drug-likeness (QED) is 0.740. The minimum absolute atomic E-state index is 0.00927. The van der Waals surface area contributed by atoms with Crippen LogP contribution in [0.1, 0.15) is 17.8 Å². The maximum atomic E-state index is 12.5. The number of methoxy groups -OCH3 is 1. The van der Waals surface area contributed by atoms with Crippen LogP contribution in [0.3, 0.4) is 0 Å². The number of benzene rings is 1. The van der Waals surface area contributed by atoms with E-state index in [1.165, 1.54) is 0 Å². The summed E-state index contributed by atoms with van der Waals surface area (Å²) < 4.78 is 7.22. The Labute approximate surface area is 164 Å². The molecular formula is C21H25N5O2. The van der Waals surface area contributed by atoms with Crippen LogP contribution >= 0.6 is 0 Å². The van der Waals surface area contributed by atoms with Crippen molar-refractivity contribution in [1.82, 2.24) is 24.8 Å². The van der Waals surface area contributed by atoms with Gasteiger partial charge in [0.2, 0.25) is 0 Å². The highest BCUT2D eigenvalue weighted by molar-refractivity contribution is 5.74. The van der Waals surface area contributed by atoms with Crippen LogP contribution in [0.4, 0.5) is 4.79 Å². The number of pyridine rings is 1. The zero-order valence-electron chi connectivity index (χ0n) is 16.3. The standard InChI is InChI=1S/C21H25N5O2/c1-25-19(24-18-4-3-10-22-20(18)25)12-16-9-11-26(14-16)21(27)23-13-15-5-7-17(28-2)8-6-15/h3-8,10,16H,9,11-14H2,1-2H3,(H,23,27)/t16-/m0/s1. The second-order valence-electron chi connectivity index (χ2n) is 7.24. The van der Waals surface area contributed by atoms with Crippen LogP contribution in [0, 0.1) is 5.92 Å². The molecule has 7 heteroatoms. The number of imidazole rings is 1. The lowest BCUT2D eigenvalue weighted by atomic mass is 10.0. The van der Waals surface area contributed by atoms with Crippen LogP contribution in [0.2, 0.25) is 0 Å². The van der Waals surface area contributed by atoms with Crippen LogP contribution in [-0.2, 0) is 20.0 Å². The normalized spacial score (nSPS) is 16.5. The molecular weight excluding hydrogens is 354 g/mol. The lowest BCUT2D eigenvalue weighted by molar-refractivity contribution is 0.206. The summed E-state index contributed by atoms with van der Waals surface area (Å²) in [6, 6.07) is 11.6. The van der Waals surface area contributed by atoms with E-state index < -0.39 is 0 Å². The molecule has 2 aromatic heterocycles. The predicted octanol–water partition coefficient (Wildman–Crippen LogP) is 2.75. The number of likely N-dealkylation sites (tertiary alicyclic amines) is 1. The Morgan fingerprint density at radius 3 is 2.86 bits per heavy atom. The zero-order chi connectivity index (χ0) is 19.5. The van der Waals surface area contributed by atoms with Crippen molar-refractivity contribution < 1.29 is 9.53 Å². The average Bonchev–Trinajstić information content (AvgIpc) is 3.32. The molecule has 0 saturated carbocycles. The summed E-state index contributed by atoms with van der Waals surface area (Å²) in [6.45, 7) is 2.05. The van der Waals surface area contributed by atoms with Crippen molar-refractivity contribution in [1.29, 1.82) is 0 Å². The van der Waals surface area contributed by atoms with Crippen molar-refractivity contribution in [2.24, 2.45) is 13.0 Å². The molecule has 2 amide bonds. The molecule has 1 aliphatic rings. The van der Waals surface area contributed by atoms with Gasteiger partial charge in [0.15, 0.2) is 5.65 Å². The number of hydrogen-bond acceptors (Lipinski definition) is 4. The Kier molecular flexibility index (Phi) is 5.14. The van der Waals surface area contributed by atoms with Gasteiger partial charge in [-0.1, -0.05) is 12.1 Å². The third-order valence-corrected chi connectivity index (χ3v) is 5.37. The molecule has 3 heterocycles. The van der Waals surface area contributed by atoms with Crippen molar-refractivity contribution in [3.63, 3.8) is 0 Å². The molecule has 1 aromatic carbocycles. The van der Waals surface area contributed by atoms with E-state index in [4.69, 9.17) is 9.72 Å². The topological polar surface area (TPSA) is 72.3 Å². The summed E-state index contributed by atoms with van der Waals surface area (Å²) in [4.78, 5) is 23.5. The molecule has 0 unspecified atom stereocenters. The number of carbonyl (C=O) groups is 1. The van der Waals surface area contributed by atoms with Gasteiger partial charge in [-0.2, -0.15) is 0 Å². The first-order valence-corrected chi connectivity index (χ1v) is 9.56. The number of fused-ring (bicyclic) bond motifs is 1. The van der Waals surface area contributed by atoms with Gasteiger partial charge in [-0.05, 0) is 42.2 Å². The second-order valence-corrected chi connectivity index (χ2v) is 7.24. The zero-order valence-corrected chi connectivity index (χ0v) is 16.3. The number of urea groups is 1. The summed E-state index contributed by atoms with van der Waals surface area (Å²) in [6.07, 6.45) is 3.64. The van der Waals surface area contributed by atoms with Gasteiger partial charge >= 0.3 is 6.03 Å². The van der Waals surface area contributed by atoms with Gasteiger partial charge in [0.25, 0.3) is 0 Å². The molecule has 1 N–H and O–H groups in total. The number of aryl methyl sites for hydroxylation is 1. The van der Waals surface area contributed by atoms with Gasteiger partial charge in [0.1, 0.15) is 17.1 Å². The molecule has 1 aliphatic heterocycles. The van der Waals surface area contributed by atoms with Crippen molar-refractivity contribution in [3.8, 4) is 5.75 Å². The van der Waals surface area contributed by atoms with E-state index in [9.17, 15) is 4.79 Å². The van der Waals surface area contributed by atoms with Crippen LogP contribution < -0.4 is 10.1 Å². The number of ether oxygens (including phenoxy) is 1. The van der Waals surface area contributed by atoms with E-state index in [0.29, 0.717) is 12.5 Å². The van der Waals surface area contributed by atoms with E-state index in [-0.39, 0.29) is 6.03 Å². The highest BCUT2D eigenvalue weighted by Gasteiger charge is 2.27. The van der Waals surface area contributed by atoms with Crippen LogP contribution in [0.25, 0.3) is 11.2 Å². The molecule has 1 atom stereocenters. The van der Waals surface area contributed by atoms with Gasteiger partial charge in [0.05, 0.1) is 7.11 Å². The molecule has 4 rings (SSSR count). The van der Waals surface area contributed by atoms with Crippen molar-refractivity contribution in [2.45, 2.75) is 19.4 Å². The Balaban J connectivity index is 1.31. The fourth-order valence-corrected chi connectivity index (χ4v) is 3.73. The van der Waals surface area contributed by atoms with Gasteiger partial charge in [-0.25, -0.2) is 14.8 Å². The smallest absolute Gasteiger partial charge is 0.317 e. The maximum absolute atomic E-state index is 12.5. The largest absolute Gasteiger partial charge is 0.497 e. The minimum atomic E-state index is -0.00927. The summed E-state index contributed by atoms with van der Waals surface area (Å²) in [5, 5.41) is 3.01. The van der Waals surface area contributed by atoms with Crippen LogP contribution in [0.15, 0.2) is 42.6 Å². The highest BCUT2D eigenvalue weighted by atomic mass is 16.5. The summed E-state index contributed by atoms with van der Waals surface area (Å²) >= 11 is 0. The first kappa shape index (κ1) is 18.3. The molecule has 0 radical (unpaired) electrons. The molecule has 0 spiro atoms. The lowest BCUT2D eigenvalue weighted by Crippen LogP contribution is -2.38. The van der Waals surface area contributed by atoms with E-state index in [1.54, 1.807) is 13.3 Å². The number of nitrogens with one attached hydrogen (secondary N) is 1. The summed E-state index contributed by atoms with van der Waals surface area (Å²) in [7, 11) is 3.65. The monoisotopic (exact) mass is 379 g/mol. The molecule has 3 aromatic rings. The number of rotatable bonds is 5. The number of aromatic nitrogens is 3. The average molecular weight is 379 g/mol. The molecule has 146 valence electrons. The molecule has 1 saturated heterocycles. The van der Waals surface area contributed by atoms with Crippen molar-refractivity contribution >= 4 is 17.2 Å². The number of nitrogens with zero attached hydrogens (tertiary/aromatic N) is 4. The van der Waals surface area contributed by atoms with Crippen molar-refractivity contribution in [2.75, 3.05) is 20.2 Å². The van der Waals surface area contributed by atoms with Crippen LogP contribution in [-0.4, -0.2) is 45.7 Å². The Morgan fingerprint density at radius 1 is 1.29 bits per heavy atom. The Morgan fingerprint density at radius 2 is 2.11 bits per heavy atom. The predicted molar refractivity (Wildman–Crippen MR) is 107 cm³/mol. The molecule has 1 fully saturated rings. The first-order chi connectivity index (χ1) is 13.6. The van der Waals surface area contributed by atoms with Gasteiger partial charge in [-0.3, -0.25) is 0 Å². The number of hydrogen-bond donors (Lipinski definition) is 1. The fourth-order valence-electron chi connectivity index (χ4n) is 3.73. The lowest BCUT2D eigenvalue weighted by Gasteiger charge is -2.17. The molecule has 7 nitrogen and oxygen atoms in total. The third-order valence-electron chi connectivity index (χ3n) is 5.37. The minimum Gasteiger partial charge on any atom is -0.497 e. The van der Waals surface area contributed by atoms with Gasteiger partial charge < -0.3 is 19.5 Å². The first-order valence-electron chi connectivity index (χ1n) is 9.56. The Hall–Kier alpha value is -3.09. The number of carbonyl (C=O) groups excluding carboxylic acids is 1. The summed E-state index contributed by atoms with van der Waals surface area (Å²) in [5.74, 6) is 2.26. The fraction of sp³-hybridized carbons (Fsp3) is 0.381. The SMILES string of the molecule is COc1ccc(CNC(=O)N2CC[C@@H](Cc3nc4cccnc4n3C)C2)cc1. The number of amides is 2. The van der Waals surface area contributed by atoms with Crippen LogP contribution in [0.5, 0.6) is 5.75 Å². The molecule has 0 aliphatic carbocycles. The van der Waals surface area contributed by atoms with E-state index in [2.05, 4.69) is 14.9 Å². The highest BCUT2D eigenvalue weighted by Crippen LogP contribution is 2.22. The summed E-state index contributed by atoms with van der Waals surface area (Å²) in [5.41, 5.74) is 2.88. The van der Waals surface area contributed by atoms with E-state index in [1.807, 2.05) is 48.3 Å². The van der Waals surface area contributed by atoms with Gasteiger partial charge in [-0.15, -0.1) is 0 Å². The third kappa shape index (κ3) is 3.78. The molecule has 0 bridgehead atoms. The molecule has 28 heavy (non-hydrogen) atoms. The van der Waals surface area contributed by atoms with E-state index >= 15 is 0 Å². The van der Waals surface area contributed by atoms with Gasteiger partial charge in [0, 0.05) is 39.3 Å². The van der Waals surface area contributed by atoms with Crippen molar-refractivity contribution in [3.05, 3.63) is 54.0 Å². The maximum Gasteiger partial charge on any atom is 0.317 e.